The Bertz CT molecular complexity index is 752. The summed E-state index contributed by atoms with van der Waals surface area (Å²) in [4.78, 5) is 0. The predicted molar refractivity (Wildman–Crippen MR) is 133 cm³/mol. The molecule has 1 aromatic carbocycles. The maximum Gasteiger partial charge on any atom is 0.162 e. The van der Waals surface area contributed by atoms with Crippen LogP contribution in [0.15, 0.2) is 35.9 Å². The summed E-state index contributed by atoms with van der Waals surface area (Å²) >= 11 is 0. The lowest BCUT2D eigenvalue weighted by molar-refractivity contribution is 0.302. The Morgan fingerprint density at radius 2 is 1.72 bits per heavy atom. The molecule has 0 radical (unpaired) electrons. The third-order valence-corrected chi connectivity index (χ3v) is 7.81. The minimum absolute atomic E-state index is 0.192. The number of hydrogen-bond acceptors (Lipinski definition) is 0. The van der Waals surface area contributed by atoms with Crippen LogP contribution in [-0.2, 0) is 6.42 Å². The van der Waals surface area contributed by atoms with Crippen LogP contribution >= 0.6 is 0 Å². The van der Waals surface area contributed by atoms with E-state index in [9.17, 15) is 8.78 Å². The van der Waals surface area contributed by atoms with E-state index in [2.05, 4.69) is 32.1 Å². The molecule has 0 aliphatic heterocycles. The molecule has 1 aromatic rings. The van der Waals surface area contributed by atoms with Gasteiger partial charge in [0.2, 0.25) is 0 Å². The lowest BCUT2D eigenvalue weighted by Crippen LogP contribution is -2.15. The van der Waals surface area contributed by atoms with E-state index in [1.54, 1.807) is 5.57 Å². The second-order valence-corrected chi connectivity index (χ2v) is 10.3. The molecule has 0 aromatic heterocycles. The molecule has 0 saturated heterocycles. The molecule has 1 unspecified atom stereocenters. The van der Waals surface area contributed by atoms with E-state index in [1.165, 1.54) is 51.4 Å². The van der Waals surface area contributed by atoms with Gasteiger partial charge in [0, 0.05) is 0 Å². The summed E-state index contributed by atoms with van der Waals surface area (Å²) in [5.41, 5.74) is 2.78. The molecule has 0 nitrogen and oxygen atoms in total. The van der Waals surface area contributed by atoms with Crippen LogP contribution in [0.1, 0.15) is 121 Å². The van der Waals surface area contributed by atoms with Crippen molar-refractivity contribution in [3.8, 4) is 0 Å². The summed E-state index contributed by atoms with van der Waals surface area (Å²) < 4.78 is 29.6. The van der Waals surface area contributed by atoms with Gasteiger partial charge in [0.05, 0.1) is 0 Å². The van der Waals surface area contributed by atoms with Crippen LogP contribution in [0, 0.1) is 23.5 Å². The lowest BCUT2D eigenvalue weighted by atomic mass is 9.77. The second-order valence-electron chi connectivity index (χ2n) is 10.3. The molecule has 0 heterocycles. The van der Waals surface area contributed by atoms with Gasteiger partial charge in [-0.05, 0) is 99.5 Å². The molecule has 0 spiro atoms. The first kappa shape index (κ1) is 25.2. The Labute approximate surface area is 195 Å². The number of halogens is 2. The molecule has 2 aliphatic rings. The SMILES string of the molecule is CCCCCC1=CCC(C=CCCc2ccc(C3CCC(CCC)CC3)c(F)c2F)CC1. The Hall–Kier alpha value is -1.44. The average molecular weight is 443 g/mol. The Kier molecular flexibility index (Phi) is 10.5. The van der Waals surface area contributed by atoms with Gasteiger partial charge in [-0.2, -0.15) is 0 Å². The van der Waals surface area contributed by atoms with E-state index in [-0.39, 0.29) is 5.92 Å². The fourth-order valence-corrected chi connectivity index (χ4v) is 5.72. The topological polar surface area (TPSA) is 0 Å². The van der Waals surface area contributed by atoms with Crippen molar-refractivity contribution in [2.45, 2.75) is 116 Å². The highest BCUT2D eigenvalue weighted by Crippen LogP contribution is 2.39. The smallest absolute Gasteiger partial charge is 0.162 e. The zero-order valence-electron chi connectivity index (χ0n) is 20.5. The van der Waals surface area contributed by atoms with Crippen molar-refractivity contribution < 1.29 is 8.78 Å². The normalized spacial score (nSPS) is 24.1. The van der Waals surface area contributed by atoms with Crippen molar-refractivity contribution in [1.82, 2.24) is 0 Å². The van der Waals surface area contributed by atoms with Gasteiger partial charge in [-0.25, -0.2) is 8.78 Å². The molecule has 1 atom stereocenters. The molecule has 32 heavy (non-hydrogen) atoms. The predicted octanol–water partition coefficient (Wildman–Crippen LogP) is 9.83. The number of aryl methyl sites for hydroxylation is 1. The van der Waals surface area contributed by atoms with Crippen molar-refractivity contribution in [2.75, 3.05) is 0 Å². The molecule has 1 fully saturated rings. The van der Waals surface area contributed by atoms with Gasteiger partial charge in [-0.1, -0.05) is 75.5 Å². The fourth-order valence-electron chi connectivity index (χ4n) is 5.72. The molecule has 2 heteroatoms. The Morgan fingerprint density at radius 1 is 0.906 bits per heavy atom. The van der Waals surface area contributed by atoms with Crippen LogP contribution in [0.2, 0.25) is 0 Å². The molecule has 0 amide bonds. The van der Waals surface area contributed by atoms with Gasteiger partial charge in [-0.15, -0.1) is 0 Å². The number of unbranched alkanes of at least 4 members (excludes halogenated alkanes) is 2. The zero-order chi connectivity index (χ0) is 22.8. The zero-order valence-corrected chi connectivity index (χ0v) is 20.5. The highest BCUT2D eigenvalue weighted by Gasteiger charge is 2.25. The van der Waals surface area contributed by atoms with Crippen LogP contribution in [0.25, 0.3) is 0 Å². The quantitative estimate of drug-likeness (QED) is 0.236. The van der Waals surface area contributed by atoms with Gasteiger partial charge in [0.25, 0.3) is 0 Å². The molecule has 0 bridgehead atoms. The molecule has 1 saturated carbocycles. The van der Waals surface area contributed by atoms with E-state index < -0.39 is 11.6 Å². The van der Waals surface area contributed by atoms with Crippen molar-refractivity contribution in [3.05, 3.63) is 58.7 Å². The van der Waals surface area contributed by atoms with Gasteiger partial charge >= 0.3 is 0 Å². The van der Waals surface area contributed by atoms with E-state index in [1.807, 2.05) is 12.1 Å². The maximum absolute atomic E-state index is 14.8. The first-order chi connectivity index (χ1) is 15.6. The largest absolute Gasteiger partial charge is 0.203 e. The van der Waals surface area contributed by atoms with E-state index in [0.29, 0.717) is 23.5 Å². The lowest BCUT2D eigenvalue weighted by Gasteiger charge is -2.29. The Morgan fingerprint density at radius 3 is 2.41 bits per heavy atom. The van der Waals surface area contributed by atoms with E-state index in [0.717, 1.165) is 44.4 Å². The first-order valence-corrected chi connectivity index (χ1v) is 13.4. The summed E-state index contributed by atoms with van der Waals surface area (Å²) in [6, 6.07) is 3.71. The van der Waals surface area contributed by atoms with Crippen LogP contribution < -0.4 is 0 Å². The third-order valence-electron chi connectivity index (χ3n) is 7.81. The first-order valence-electron chi connectivity index (χ1n) is 13.4. The van der Waals surface area contributed by atoms with Gasteiger partial charge < -0.3 is 0 Å². The molecular formula is C30H44F2. The van der Waals surface area contributed by atoms with Crippen LogP contribution in [0.4, 0.5) is 8.78 Å². The van der Waals surface area contributed by atoms with Crippen LogP contribution in [0.3, 0.4) is 0 Å². The van der Waals surface area contributed by atoms with Gasteiger partial charge in [0.15, 0.2) is 11.6 Å². The summed E-state index contributed by atoms with van der Waals surface area (Å²) in [6.45, 7) is 4.48. The minimum Gasteiger partial charge on any atom is -0.203 e. The monoisotopic (exact) mass is 442 g/mol. The maximum atomic E-state index is 14.8. The molecule has 3 rings (SSSR count). The van der Waals surface area contributed by atoms with Crippen LogP contribution in [-0.4, -0.2) is 0 Å². The highest BCUT2D eigenvalue weighted by molar-refractivity contribution is 5.29. The second kappa shape index (κ2) is 13.3. The van der Waals surface area contributed by atoms with Crippen molar-refractivity contribution in [2.24, 2.45) is 11.8 Å². The average Bonchev–Trinajstić information content (AvgIpc) is 2.81. The van der Waals surface area contributed by atoms with Crippen LogP contribution in [0.5, 0.6) is 0 Å². The van der Waals surface area contributed by atoms with Gasteiger partial charge in [-0.3, -0.25) is 0 Å². The molecular weight excluding hydrogens is 398 g/mol. The molecule has 2 aliphatic carbocycles. The summed E-state index contributed by atoms with van der Waals surface area (Å²) in [7, 11) is 0. The number of benzene rings is 1. The van der Waals surface area contributed by atoms with Crippen molar-refractivity contribution >= 4 is 0 Å². The molecule has 178 valence electrons. The van der Waals surface area contributed by atoms with E-state index in [4.69, 9.17) is 0 Å². The summed E-state index contributed by atoms with van der Waals surface area (Å²) in [5, 5.41) is 0. The number of allylic oxidation sites excluding steroid dienone is 4. The number of rotatable bonds is 11. The Balaban J connectivity index is 1.45. The number of hydrogen-bond donors (Lipinski definition) is 0. The van der Waals surface area contributed by atoms with Gasteiger partial charge in [0.1, 0.15) is 0 Å². The highest BCUT2D eigenvalue weighted by atomic mass is 19.2. The minimum atomic E-state index is -0.607. The third kappa shape index (κ3) is 7.29. The van der Waals surface area contributed by atoms with Crippen molar-refractivity contribution in [1.29, 1.82) is 0 Å². The fraction of sp³-hybridized carbons (Fsp3) is 0.667. The van der Waals surface area contributed by atoms with Crippen molar-refractivity contribution in [3.63, 3.8) is 0 Å². The standard InChI is InChI=1S/C30H44F2/c1-3-5-6-10-24-13-15-25(16-14-24)11-7-8-12-27-21-22-28(30(32)29(27)31)26-19-17-23(9-4-2)18-20-26/h7,11,13,21-23,25-26H,3-6,8-10,12,14-20H2,1-2H3. The van der Waals surface area contributed by atoms with E-state index >= 15 is 0 Å². The summed E-state index contributed by atoms with van der Waals surface area (Å²) in [5.74, 6) is 0.388. The molecule has 0 N–H and O–H groups in total. The summed E-state index contributed by atoms with van der Waals surface area (Å²) in [6.07, 6.45) is 23.9.